The Labute approximate surface area is 149 Å². The second kappa shape index (κ2) is 5.77. The smallest absolute Gasteiger partial charge is 0.267 e. The molecule has 9 heteroatoms. The molecule has 0 saturated carbocycles. The van der Waals surface area contributed by atoms with Crippen molar-refractivity contribution in [1.82, 2.24) is 20.3 Å². The molecule has 8 nitrogen and oxygen atoms in total. The molecule has 0 spiro atoms. The first-order valence-corrected chi connectivity index (χ1v) is 7.94. The Balaban J connectivity index is 1.70. The third-order valence-electron chi connectivity index (χ3n) is 4.13. The van der Waals surface area contributed by atoms with Gasteiger partial charge in [-0.2, -0.15) is 5.16 Å². The molecule has 2 heterocycles. The number of aromatic nitrogens is 4. The second-order valence-electron chi connectivity index (χ2n) is 5.79. The number of nitrogens with zero attached hydrogens (tertiary/aromatic N) is 5. The number of halogens is 1. The molecule has 3 aromatic carbocycles. The van der Waals surface area contributed by atoms with E-state index in [-0.39, 0.29) is 5.56 Å². The van der Waals surface area contributed by atoms with Gasteiger partial charge in [0.1, 0.15) is 22.5 Å². The number of hydrogen-bond acceptors (Lipinski definition) is 6. The molecule has 0 aliphatic carbocycles. The molecule has 0 aliphatic rings. The van der Waals surface area contributed by atoms with Gasteiger partial charge in [0.25, 0.3) is 5.91 Å². The van der Waals surface area contributed by atoms with E-state index in [1.165, 1.54) is 18.2 Å². The average molecular weight is 360 g/mol. The van der Waals surface area contributed by atoms with Crippen molar-refractivity contribution in [3.05, 3.63) is 59.9 Å². The summed E-state index contributed by atoms with van der Waals surface area (Å²) in [5.41, 5.74) is 2.23. The number of hydrogen-bond donors (Lipinski definition) is 1. The van der Waals surface area contributed by atoms with Gasteiger partial charge in [0.05, 0.1) is 0 Å². The standard InChI is InChI=1S/C18H9FN6O2/c19-10-5-3-4-9(8-10)18(26)23-22-14-12-7-2-1-6-11(12)13-15(14)21-17-16(20-13)24-27-25-17/h1-8H,(H,21,25). The van der Waals surface area contributed by atoms with Gasteiger partial charge < -0.3 is 0 Å². The van der Waals surface area contributed by atoms with Crippen LogP contribution in [-0.2, 0) is 0 Å². The normalized spacial score (nSPS) is 11.9. The zero-order chi connectivity index (χ0) is 18.4. The first-order valence-electron chi connectivity index (χ1n) is 7.94. The molecule has 5 aromatic rings. The number of rotatable bonds is 2. The van der Waals surface area contributed by atoms with Gasteiger partial charge >= 0.3 is 0 Å². The Bertz CT molecular complexity index is 1370. The Hall–Kier alpha value is -4.01. The van der Waals surface area contributed by atoms with Crippen molar-refractivity contribution in [2.45, 2.75) is 0 Å². The van der Waals surface area contributed by atoms with Crippen molar-refractivity contribution in [2.75, 3.05) is 0 Å². The van der Waals surface area contributed by atoms with Crippen molar-refractivity contribution in [3.63, 3.8) is 0 Å². The van der Waals surface area contributed by atoms with Crippen LogP contribution in [0.15, 0.2) is 63.4 Å². The summed E-state index contributed by atoms with van der Waals surface area (Å²) >= 11 is 0. The number of fused-ring (bicyclic) bond motifs is 4. The van der Waals surface area contributed by atoms with Crippen LogP contribution in [0.5, 0.6) is 0 Å². The fourth-order valence-electron chi connectivity index (χ4n) is 2.92. The highest BCUT2D eigenvalue weighted by atomic mass is 19.1. The molecule has 0 radical (unpaired) electrons. The van der Waals surface area contributed by atoms with E-state index in [4.69, 9.17) is 4.63 Å². The molecule has 0 fully saturated rings. The summed E-state index contributed by atoms with van der Waals surface area (Å²) in [6.07, 6.45) is 0. The van der Waals surface area contributed by atoms with E-state index in [1.54, 1.807) is 0 Å². The minimum atomic E-state index is -0.654. The number of benzene rings is 2. The first-order chi connectivity index (χ1) is 13.2. The molecular weight excluding hydrogens is 351 g/mol. The van der Waals surface area contributed by atoms with Crippen LogP contribution in [0.25, 0.3) is 33.1 Å². The number of azo groups is 1. The summed E-state index contributed by atoms with van der Waals surface area (Å²) in [4.78, 5) is 21.1. The van der Waals surface area contributed by atoms with Crippen LogP contribution in [0.1, 0.15) is 10.4 Å². The van der Waals surface area contributed by atoms with Crippen molar-refractivity contribution in [3.8, 4) is 0 Å². The number of carbonyl (C=O) groups is 1. The van der Waals surface area contributed by atoms with E-state index in [1.807, 2.05) is 24.3 Å². The lowest BCUT2D eigenvalue weighted by molar-refractivity contribution is 0.0994. The highest BCUT2D eigenvalue weighted by molar-refractivity contribution is 6.18. The van der Waals surface area contributed by atoms with Crippen molar-refractivity contribution in [1.29, 1.82) is 0 Å². The molecule has 0 saturated heterocycles. The van der Waals surface area contributed by atoms with Gasteiger partial charge in [0, 0.05) is 16.3 Å². The lowest BCUT2D eigenvalue weighted by Gasteiger charge is -1.95. The van der Waals surface area contributed by atoms with Gasteiger partial charge in [-0.3, -0.25) is 9.42 Å². The molecule has 27 heavy (non-hydrogen) atoms. The topological polar surface area (TPSA) is 109 Å². The van der Waals surface area contributed by atoms with Crippen LogP contribution in [-0.4, -0.2) is 26.2 Å². The van der Waals surface area contributed by atoms with Gasteiger partial charge in [-0.1, -0.05) is 30.3 Å². The summed E-state index contributed by atoms with van der Waals surface area (Å²) in [5.74, 6) is -1.17. The highest BCUT2D eigenvalue weighted by Gasteiger charge is 2.17. The Morgan fingerprint density at radius 2 is 1.89 bits per heavy atom. The summed E-state index contributed by atoms with van der Waals surface area (Å²) in [5, 5.41) is 15.7. The number of H-pyrrole nitrogens is 1. The van der Waals surface area contributed by atoms with Crippen LogP contribution in [0.3, 0.4) is 0 Å². The van der Waals surface area contributed by atoms with E-state index in [0.717, 1.165) is 16.8 Å². The Morgan fingerprint density at radius 3 is 2.74 bits per heavy atom. The SMILES string of the molecule is O=C(N=Nc1c2ccccc2c2nc3no[nH]c3nc12)c1cccc(F)c1. The van der Waals surface area contributed by atoms with Crippen LogP contribution >= 0.6 is 0 Å². The summed E-state index contributed by atoms with van der Waals surface area (Å²) in [6.45, 7) is 0. The monoisotopic (exact) mass is 360 g/mol. The average Bonchev–Trinajstić information content (AvgIpc) is 3.26. The lowest BCUT2D eigenvalue weighted by atomic mass is 10.2. The van der Waals surface area contributed by atoms with Crippen LogP contribution in [0, 0.1) is 5.82 Å². The number of carbonyl (C=O) groups excluding carboxylic acids is 1. The predicted octanol–water partition coefficient (Wildman–Crippen LogP) is 4.32. The Morgan fingerprint density at radius 1 is 1.04 bits per heavy atom. The van der Waals surface area contributed by atoms with E-state index in [0.29, 0.717) is 28.0 Å². The van der Waals surface area contributed by atoms with Gasteiger partial charge in [-0.15, -0.1) is 10.2 Å². The highest BCUT2D eigenvalue weighted by Crippen LogP contribution is 2.38. The largest absolute Gasteiger partial charge is 0.295 e. The molecule has 0 unspecified atom stereocenters. The number of amides is 1. The molecule has 1 N–H and O–H groups in total. The molecule has 130 valence electrons. The van der Waals surface area contributed by atoms with Crippen LogP contribution < -0.4 is 0 Å². The van der Waals surface area contributed by atoms with Gasteiger partial charge in [0.15, 0.2) is 0 Å². The van der Waals surface area contributed by atoms with E-state index >= 15 is 0 Å². The van der Waals surface area contributed by atoms with Gasteiger partial charge in [-0.25, -0.2) is 14.4 Å². The molecule has 5 rings (SSSR count). The van der Waals surface area contributed by atoms with Gasteiger partial charge in [-0.05, 0) is 23.4 Å². The number of aromatic amines is 1. The fraction of sp³-hybridized carbons (Fsp3) is 0. The zero-order valence-electron chi connectivity index (χ0n) is 13.5. The maximum Gasteiger partial charge on any atom is 0.295 e. The predicted molar refractivity (Wildman–Crippen MR) is 94.2 cm³/mol. The quantitative estimate of drug-likeness (QED) is 0.472. The van der Waals surface area contributed by atoms with Crippen LogP contribution in [0.4, 0.5) is 10.1 Å². The van der Waals surface area contributed by atoms with Crippen molar-refractivity contribution >= 4 is 44.7 Å². The Kier molecular flexibility index (Phi) is 3.26. The van der Waals surface area contributed by atoms with Crippen molar-refractivity contribution < 1.29 is 13.8 Å². The maximum atomic E-state index is 13.3. The molecule has 1 amide bonds. The van der Waals surface area contributed by atoms with E-state index < -0.39 is 11.7 Å². The third kappa shape index (κ3) is 2.44. The summed E-state index contributed by atoms with van der Waals surface area (Å²) in [7, 11) is 0. The summed E-state index contributed by atoms with van der Waals surface area (Å²) < 4.78 is 18.1. The van der Waals surface area contributed by atoms with Gasteiger partial charge in [0.2, 0.25) is 11.3 Å². The van der Waals surface area contributed by atoms with Crippen molar-refractivity contribution in [2.24, 2.45) is 10.2 Å². The summed E-state index contributed by atoms with van der Waals surface area (Å²) in [6, 6.07) is 12.7. The maximum absolute atomic E-state index is 13.3. The third-order valence-corrected chi connectivity index (χ3v) is 4.13. The minimum Gasteiger partial charge on any atom is -0.267 e. The molecule has 0 atom stereocenters. The minimum absolute atomic E-state index is 0.111. The first kappa shape index (κ1) is 15.3. The van der Waals surface area contributed by atoms with E-state index in [9.17, 15) is 9.18 Å². The van der Waals surface area contributed by atoms with Crippen LogP contribution in [0.2, 0.25) is 0 Å². The molecule has 0 bridgehead atoms. The second-order valence-corrected chi connectivity index (χ2v) is 5.79. The molecular formula is C18H9FN6O2. The number of nitrogens with one attached hydrogen (secondary N) is 1. The zero-order valence-corrected chi connectivity index (χ0v) is 13.5. The fourth-order valence-corrected chi connectivity index (χ4v) is 2.92. The molecule has 0 aliphatic heterocycles. The van der Waals surface area contributed by atoms with E-state index in [2.05, 4.69) is 30.5 Å². The lowest BCUT2D eigenvalue weighted by Crippen LogP contribution is -1.93. The molecule has 2 aromatic heterocycles.